The van der Waals surface area contributed by atoms with Crippen LogP contribution in [0.1, 0.15) is 28.7 Å². The quantitative estimate of drug-likeness (QED) is 0.230. The standard InChI is InChI=1S/C30H33Cl2N3O5S2/c1-2-40-29(38)20-33(12-9-21-7-8-22(31)17-25(21)32)27(36)18-26-30(39)34(13-10-23-5-3-15-41-23)19-28(37)35(26)14-11-24-6-4-16-42-24/h3-8,15-17,26H,2,9-14,18-20H2,1H3. The van der Waals surface area contributed by atoms with Crippen LogP contribution in [0, 0.1) is 0 Å². The van der Waals surface area contributed by atoms with Crippen molar-refractivity contribution in [1.82, 2.24) is 14.7 Å². The molecule has 1 aliphatic rings. The molecule has 42 heavy (non-hydrogen) atoms. The van der Waals surface area contributed by atoms with E-state index in [1.165, 1.54) is 9.80 Å². The summed E-state index contributed by atoms with van der Waals surface area (Å²) in [5.41, 5.74) is 0.768. The van der Waals surface area contributed by atoms with Crippen LogP contribution in [0.4, 0.5) is 0 Å². The van der Waals surface area contributed by atoms with Gasteiger partial charge >= 0.3 is 5.97 Å². The Morgan fingerprint density at radius 2 is 1.69 bits per heavy atom. The normalized spacial score (nSPS) is 15.3. The van der Waals surface area contributed by atoms with Gasteiger partial charge in [-0.1, -0.05) is 41.4 Å². The smallest absolute Gasteiger partial charge is 0.325 e. The zero-order valence-corrected chi connectivity index (χ0v) is 26.4. The topological polar surface area (TPSA) is 87.2 Å². The zero-order chi connectivity index (χ0) is 30.1. The molecule has 2 aromatic heterocycles. The predicted molar refractivity (Wildman–Crippen MR) is 166 cm³/mol. The number of hydrogen-bond acceptors (Lipinski definition) is 7. The molecule has 1 unspecified atom stereocenters. The second-order valence-electron chi connectivity index (χ2n) is 9.83. The first-order valence-corrected chi connectivity index (χ1v) is 16.3. The SMILES string of the molecule is CCOC(=O)CN(CCc1ccc(Cl)cc1Cl)C(=O)CC1C(=O)N(CCc2cccs2)CC(=O)N1CCc1cccs1. The van der Waals surface area contributed by atoms with Crippen LogP contribution in [0.2, 0.25) is 10.0 Å². The number of hydrogen-bond donors (Lipinski definition) is 0. The van der Waals surface area contributed by atoms with Crippen molar-refractivity contribution in [2.24, 2.45) is 0 Å². The second-order valence-corrected chi connectivity index (χ2v) is 12.7. The molecule has 0 radical (unpaired) electrons. The minimum absolute atomic E-state index is 0.0268. The van der Waals surface area contributed by atoms with Gasteiger partial charge in [0.05, 0.1) is 19.6 Å². The van der Waals surface area contributed by atoms with Crippen LogP contribution in [0.25, 0.3) is 0 Å². The van der Waals surface area contributed by atoms with Gasteiger partial charge in [0.15, 0.2) is 0 Å². The summed E-state index contributed by atoms with van der Waals surface area (Å²) in [7, 11) is 0. The maximum absolute atomic E-state index is 13.8. The van der Waals surface area contributed by atoms with Gasteiger partial charge in [-0.3, -0.25) is 19.2 Å². The molecule has 1 aliphatic heterocycles. The molecule has 224 valence electrons. The average Bonchev–Trinajstić information content (AvgIpc) is 3.67. The van der Waals surface area contributed by atoms with Crippen LogP contribution in [0.15, 0.2) is 53.2 Å². The van der Waals surface area contributed by atoms with Gasteiger partial charge < -0.3 is 19.4 Å². The Balaban J connectivity index is 1.52. The number of piperazine rings is 1. The Morgan fingerprint density at radius 3 is 2.31 bits per heavy atom. The Bertz CT molecular complexity index is 1370. The molecular formula is C30H33Cl2N3O5S2. The number of amides is 3. The van der Waals surface area contributed by atoms with E-state index in [4.69, 9.17) is 27.9 Å². The summed E-state index contributed by atoms with van der Waals surface area (Å²) in [6.07, 6.45) is 1.34. The van der Waals surface area contributed by atoms with Crippen molar-refractivity contribution >= 4 is 69.6 Å². The fraction of sp³-hybridized carbons (Fsp3) is 0.400. The van der Waals surface area contributed by atoms with Gasteiger partial charge in [-0.2, -0.15) is 0 Å². The lowest BCUT2D eigenvalue weighted by Gasteiger charge is -2.40. The number of halogens is 2. The third-order valence-corrected chi connectivity index (χ3v) is 9.48. The lowest BCUT2D eigenvalue weighted by Crippen LogP contribution is -2.61. The number of rotatable bonds is 14. The zero-order valence-electron chi connectivity index (χ0n) is 23.3. The highest BCUT2D eigenvalue weighted by molar-refractivity contribution is 7.10. The van der Waals surface area contributed by atoms with E-state index >= 15 is 0 Å². The first-order valence-electron chi connectivity index (χ1n) is 13.8. The van der Waals surface area contributed by atoms with E-state index in [1.54, 1.807) is 52.7 Å². The Labute approximate surface area is 263 Å². The number of benzene rings is 1. The van der Waals surface area contributed by atoms with E-state index in [9.17, 15) is 19.2 Å². The average molecular weight is 651 g/mol. The van der Waals surface area contributed by atoms with Crippen molar-refractivity contribution in [1.29, 1.82) is 0 Å². The Morgan fingerprint density at radius 1 is 1.00 bits per heavy atom. The molecular weight excluding hydrogens is 617 g/mol. The van der Waals surface area contributed by atoms with Gasteiger partial charge in [0.25, 0.3) is 0 Å². The van der Waals surface area contributed by atoms with Crippen LogP contribution in [0.3, 0.4) is 0 Å². The van der Waals surface area contributed by atoms with Crippen LogP contribution in [-0.4, -0.2) is 83.8 Å². The Hall–Kier alpha value is -2.92. The molecule has 0 bridgehead atoms. The van der Waals surface area contributed by atoms with Crippen LogP contribution in [-0.2, 0) is 43.2 Å². The monoisotopic (exact) mass is 649 g/mol. The first-order chi connectivity index (χ1) is 20.2. The van der Waals surface area contributed by atoms with Crippen LogP contribution in [0.5, 0.6) is 0 Å². The molecule has 1 fully saturated rings. The van der Waals surface area contributed by atoms with Crippen LogP contribution < -0.4 is 0 Å². The highest BCUT2D eigenvalue weighted by Gasteiger charge is 2.41. The molecule has 12 heteroatoms. The van der Waals surface area contributed by atoms with Crippen LogP contribution >= 0.6 is 45.9 Å². The molecule has 3 aromatic rings. The summed E-state index contributed by atoms with van der Waals surface area (Å²) in [6, 6.07) is 12.0. The summed E-state index contributed by atoms with van der Waals surface area (Å²) in [5.74, 6) is -1.42. The summed E-state index contributed by atoms with van der Waals surface area (Å²) >= 11 is 15.5. The van der Waals surface area contributed by atoms with E-state index < -0.39 is 17.9 Å². The molecule has 1 saturated heterocycles. The lowest BCUT2D eigenvalue weighted by molar-refractivity contribution is -0.158. The van der Waals surface area contributed by atoms with E-state index in [2.05, 4.69) is 0 Å². The lowest BCUT2D eigenvalue weighted by atomic mass is 10.0. The van der Waals surface area contributed by atoms with Gasteiger partial charge in [-0.05, 0) is 66.8 Å². The van der Waals surface area contributed by atoms with E-state index in [1.807, 2.05) is 35.0 Å². The van der Waals surface area contributed by atoms with E-state index in [0.717, 1.165) is 15.3 Å². The van der Waals surface area contributed by atoms with Gasteiger partial charge in [-0.25, -0.2) is 0 Å². The predicted octanol–water partition coefficient (Wildman–Crippen LogP) is 4.97. The van der Waals surface area contributed by atoms with Crippen molar-refractivity contribution in [2.75, 3.05) is 39.3 Å². The number of carbonyl (C=O) groups excluding carboxylic acids is 4. The highest BCUT2D eigenvalue weighted by Crippen LogP contribution is 2.23. The maximum atomic E-state index is 13.8. The maximum Gasteiger partial charge on any atom is 0.325 e. The van der Waals surface area contributed by atoms with Crippen molar-refractivity contribution in [3.8, 4) is 0 Å². The second kappa shape index (κ2) is 15.5. The van der Waals surface area contributed by atoms with Gasteiger partial charge in [0.1, 0.15) is 12.6 Å². The molecule has 3 heterocycles. The molecule has 1 atom stereocenters. The number of ether oxygens (including phenoxy) is 1. The molecule has 0 spiro atoms. The third-order valence-electron chi connectivity index (χ3n) is 7.02. The molecule has 4 rings (SSSR count). The number of carbonyl (C=O) groups is 4. The summed E-state index contributed by atoms with van der Waals surface area (Å²) in [4.78, 5) is 60.0. The number of esters is 1. The largest absolute Gasteiger partial charge is 0.465 e. The van der Waals surface area contributed by atoms with Crippen molar-refractivity contribution < 1.29 is 23.9 Å². The van der Waals surface area contributed by atoms with Crippen molar-refractivity contribution in [2.45, 2.75) is 38.6 Å². The molecule has 1 aromatic carbocycles. The summed E-state index contributed by atoms with van der Waals surface area (Å²) < 4.78 is 5.11. The van der Waals surface area contributed by atoms with Crippen molar-refractivity contribution in [3.63, 3.8) is 0 Å². The molecule has 8 nitrogen and oxygen atoms in total. The van der Waals surface area contributed by atoms with Gasteiger partial charge in [0.2, 0.25) is 17.7 Å². The van der Waals surface area contributed by atoms with Gasteiger partial charge in [-0.15, -0.1) is 22.7 Å². The number of thiophene rings is 2. The summed E-state index contributed by atoms with van der Waals surface area (Å²) in [5, 5.41) is 4.89. The third kappa shape index (κ3) is 8.80. The van der Waals surface area contributed by atoms with Crippen molar-refractivity contribution in [3.05, 3.63) is 78.6 Å². The summed E-state index contributed by atoms with van der Waals surface area (Å²) in [6.45, 7) is 2.45. The fourth-order valence-electron chi connectivity index (χ4n) is 4.83. The minimum Gasteiger partial charge on any atom is -0.465 e. The molecule has 3 amide bonds. The fourth-order valence-corrected chi connectivity index (χ4v) is 6.73. The Kier molecular flexibility index (Phi) is 11.8. The first kappa shape index (κ1) is 32.0. The van der Waals surface area contributed by atoms with Gasteiger partial charge in [0, 0.05) is 39.4 Å². The molecule has 0 saturated carbocycles. The van der Waals surface area contributed by atoms with E-state index in [-0.39, 0.29) is 44.5 Å². The minimum atomic E-state index is -0.967. The molecule has 0 aliphatic carbocycles. The molecule has 0 N–H and O–H groups in total. The van der Waals surface area contributed by atoms with E-state index in [0.29, 0.717) is 42.4 Å². The highest BCUT2D eigenvalue weighted by atomic mass is 35.5. The number of nitrogens with zero attached hydrogens (tertiary/aromatic N) is 3.